The lowest BCUT2D eigenvalue weighted by Crippen LogP contribution is -2.42. The minimum absolute atomic E-state index is 0.0202. The number of hydrogen-bond acceptors (Lipinski definition) is 6. The van der Waals surface area contributed by atoms with Crippen LogP contribution in [0.5, 0.6) is 0 Å². The van der Waals surface area contributed by atoms with E-state index in [2.05, 4.69) is 5.16 Å². The van der Waals surface area contributed by atoms with Crippen molar-refractivity contribution in [1.29, 1.82) is 0 Å². The standard InChI is InChI=1S/C16H16N4O5/c1-11-8-14(17-25-11)19(10-18-7-3-6-15(18)21)16(22)12-4-2-5-13(9-12)20(23)24/h2,4-5,8-9H,3,6-7,10H2,1H3. The molecular formula is C16H16N4O5. The van der Waals surface area contributed by atoms with Gasteiger partial charge in [0.15, 0.2) is 5.82 Å². The second-order valence-electron chi connectivity index (χ2n) is 5.74. The van der Waals surface area contributed by atoms with Crippen molar-refractivity contribution in [3.63, 3.8) is 0 Å². The number of rotatable bonds is 5. The van der Waals surface area contributed by atoms with E-state index in [1.807, 2.05) is 0 Å². The molecule has 25 heavy (non-hydrogen) atoms. The van der Waals surface area contributed by atoms with Crippen LogP contribution in [0.15, 0.2) is 34.9 Å². The minimum Gasteiger partial charge on any atom is -0.360 e. The molecule has 1 aliphatic rings. The molecule has 0 N–H and O–H groups in total. The Bertz CT molecular complexity index is 831. The van der Waals surface area contributed by atoms with Gasteiger partial charge in [0.2, 0.25) is 5.91 Å². The minimum atomic E-state index is -0.564. The van der Waals surface area contributed by atoms with Crippen molar-refractivity contribution in [2.75, 3.05) is 18.1 Å². The van der Waals surface area contributed by atoms with E-state index in [1.165, 1.54) is 29.2 Å². The summed E-state index contributed by atoms with van der Waals surface area (Å²) in [5.74, 6) is 0.238. The van der Waals surface area contributed by atoms with Crippen molar-refractivity contribution in [2.24, 2.45) is 0 Å². The maximum absolute atomic E-state index is 12.9. The molecule has 3 rings (SSSR count). The second-order valence-corrected chi connectivity index (χ2v) is 5.74. The van der Waals surface area contributed by atoms with Gasteiger partial charge in [-0.3, -0.25) is 24.6 Å². The summed E-state index contributed by atoms with van der Waals surface area (Å²) in [6.07, 6.45) is 1.17. The Morgan fingerprint density at radius 1 is 1.44 bits per heavy atom. The lowest BCUT2D eigenvalue weighted by Gasteiger charge is -2.25. The fraction of sp³-hybridized carbons (Fsp3) is 0.312. The van der Waals surface area contributed by atoms with Crippen molar-refractivity contribution < 1.29 is 19.0 Å². The molecule has 1 fully saturated rings. The monoisotopic (exact) mass is 344 g/mol. The van der Waals surface area contributed by atoms with Gasteiger partial charge in [0.1, 0.15) is 12.4 Å². The van der Waals surface area contributed by atoms with E-state index in [4.69, 9.17) is 4.52 Å². The Morgan fingerprint density at radius 2 is 2.24 bits per heavy atom. The van der Waals surface area contributed by atoms with Crippen LogP contribution < -0.4 is 4.90 Å². The van der Waals surface area contributed by atoms with Crippen molar-refractivity contribution >= 4 is 23.3 Å². The van der Waals surface area contributed by atoms with Crippen LogP contribution in [0.3, 0.4) is 0 Å². The van der Waals surface area contributed by atoms with Crippen LogP contribution in [0.1, 0.15) is 29.0 Å². The Balaban J connectivity index is 1.93. The number of hydrogen-bond donors (Lipinski definition) is 0. The number of anilines is 1. The summed E-state index contributed by atoms with van der Waals surface area (Å²) in [6, 6.07) is 7.02. The zero-order chi connectivity index (χ0) is 18.0. The molecule has 1 aromatic heterocycles. The molecule has 2 heterocycles. The smallest absolute Gasteiger partial charge is 0.270 e. The highest BCUT2D eigenvalue weighted by atomic mass is 16.6. The third-order valence-corrected chi connectivity index (χ3v) is 3.92. The second kappa shape index (κ2) is 6.71. The van der Waals surface area contributed by atoms with E-state index < -0.39 is 10.8 Å². The molecule has 0 atom stereocenters. The van der Waals surface area contributed by atoms with Gasteiger partial charge in [-0.15, -0.1) is 0 Å². The lowest BCUT2D eigenvalue weighted by molar-refractivity contribution is -0.384. The van der Waals surface area contributed by atoms with Crippen LogP contribution in [0.4, 0.5) is 11.5 Å². The maximum Gasteiger partial charge on any atom is 0.270 e. The predicted octanol–water partition coefficient (Wildman–Crippen LogP) is 2.12. The molecule has 130 valence electrons. The van der Waals surface area contributed by atoms with Gasteiger partial charge < -0.3 is 9.42 Å². The number of likely N-dealkylation sites (tertiary alicyclic amines) is 1. The van der Waals surface area contributed by atoms with E-state index in [0.29, 0.717) is 18.7 Å². The van der Waals surface area contributed by atoms with Crippen LogP contribution in [-0.2, 0) is 4.79 Å². The number of carbonyl (C=O) groups is 2. The lowest BCUT2D eigenvalue weighted by atomic mass is 10.2. The number of nitro groups is 1. The molecule has 9 heteroatoms. The van der Waals surface area contributed by atoms with Gasteiger partial charge >= 0.3 is 0 Å². The first-order valence-corrected chi connectivity index (χ1v) is 7.73. The van der Waals surface area contributed by atoms with Gasteiger partial charge in [0, 0.05) is 36.7 Å². The van der Waals surface area contributed by atoms with E-state index in [-0.39, 0.29) is 29.6 Å². The molecule has 1 aliphatic heterocycles. The fourth-order valence-corrected chi connectivity index (χ4v) is 2.65. The SMILES string of the molecule is Cc1cc(N(CN2CCCC2=O)C(=O)c2cccc([N+](=O)[O-])c2)no1. The van der Waals surface area contributed by atoms with Crippen molar-refractivity contribution in [2.45, 2.75) is 19.8 Å². The molecular weight excluding hydrogens is 328 g/mol. The average molecular weight is 344 g/mol. The summed E-state index contributed by atoms with van der Waals surface area (Å²) in [4.78, 5) is 38.0. The van der Waals surface area contributed by atoms with Gasteiger partial charge in [0.25, 0.3) is 11.6 Å². The van der Waals surface area contributed by atoms with Gasteiger partial charge in [-0.25, -0.2) is 0 Å². The van der Waals surface area contributed by atoms with Gasteiger partial charge in [0.05, 0.1) is 4.92 Å². The zero-order valence-corrected chi connectivity index (χ0v) is 13.5. The normalized spacial score (nSPS) is 14.0. The number of amides is 2. The molecule has 0 bridgehead atoms. The summed E-state index contributed by atoms with van der Waals surface area (Å²) in [5.41, 5.74) is -0.0409. The molecule has 1 aromatic carbocycles. The number of nitro benzene ring substituents is 1. The molecule has 0 unspecified atom stereocenters. The molecule has 2 aromatic rings. The number of benzene rings is 1. The molecule has 2 amide bonds. The Hall–Kier alpha value is -3.23. The first-order valence-electron chi connectivity index (χ1n) is 7.73. The summed E-state index contributed by atoms with van der Waals surface area (Å²) < 4.78 is 5.03. The number of carbonyl (C=O) groups excluding carboxylic acids is 2. The van der Waals surface area contributed by atoms with Gasteiger partial charge in [-0.1, -0.05) is 11.2 Å². The summed E-state index contributed by atoms with van der Waals surface area (Å²) in [7, 11) is 0. The third kappa shape index (κ3) is 3.49. The Morgan fingerprint density at radius 3 is 2.84 bits per heavy atom. The van der Waals surface area contributed by atoms with E-state index in [0.717, 1.165) is 6.42 Å². The van der Waals surface area contributed by atoms with Crippen LogP contribution in [-0.4, -0.2) is 40.0 Å². The highest BCUT2D eigenvalue weighted by Crippen LogP contribution is 2.22. The highest BCUT2D eigenvalue weighted by Gasteiger charge is 2.28. The zero-order valence-electron chi connectivity index (χ0n) is 13.5. The summed E-state index contributed by atoms with van der Waals surface area (Å²) >= 11 is 0. The van der Waals surface area contributed by atoms with Crippen LogP contribution >= 0.6 is 0 Å². The van der Waals surface area contributed by atoms with Crippen molar-refractivity contribution in [3.05, 3.63) is 51.8 Å². The predicted molar refractivity (Wildman–Crippen MR) is 87.0 cm³/mol. The summed E-state index contributed by atoms with van der Waals surface area (Å²) in [6.45, 7) is 2.26. The molecule has 0 saturated carbocycles. The topological polar surface area (TPSA) is 110 Å². The number of non-ortho nitro benzene ring substituents is 1. The molecule has 0 radical (unpaired) electrons. The fourth-order valence-electron chi connectivity index (χ4n) is 2.65. The molecule has 1 saturated heterocycles. The van der Waals surface area contributed by atoms with Crippen LogP contribution in [0.25, 0.3) is 0 Å². The number of nitrogens with zero attached hydrogens (tertiary/aromatic N) is 4. The Kier molecular flexibility index (Phi) is 4.46. The van der Waals surface area contributed by atoms with E-state index in [9.17, 15) is 19.7 Å². The maximum atomic E-state index is 12.9. The molecule has 0 spiro atoms. The van der Waals surface area contributed by atoms with E-state index >= 15 is 0 Å². The third-order valence-electron chi connectivity index (χ3n) is 3.92. The molecule has 0 aliphatic carbocycles. The van der Waals surface area contributed by atoms with E-state index in [1.54, 1.807) is 17.9 Å². The highest BCUT2D eigenvalue weighted by molar-refractivity contribution is 6.06. The quantitative estimate of drug-likeness (QED) is 0.607. The van der Waals surface area contributed by atoms with Crippen LogP contribution in [0.2, 0.25) is 0 Å². The Labute approximate surface area is 142 Å². The molecule has 9 nitrogen and oxygen atoms in total. The largest absolute Gasteiger partial charge is 0.360 e. The number of aromatic nitrogens is 1. The van der Waals surface area contributed by atoms with Gasteiger partial charge in [-0.2, -0.15) is 0 Å². The average Bonchev–Trinajstić information content (AvgIpc) is 3.20. The first-order chi connectivity index (χ1) is 12.0. The first kappa shape index (κ1) is 16.6. The number of aryl methyl sites for hydroxylation is 1. The van der Waals surface area contributed by atoms with Crippen molar-refractivity contribution in [1.82, 2.24) is 10.1 Å². The summed E-state index contributed by atoms with van der Waals surface area (Å²) in [5, 5.41) is 14.8. The van der Waals surface area contributed by atoms with Crippen molar-refractivity contribution in [3.8, 4) is 0 Å². The van der Waals surface area contributed by atoms with Crippen LogP contribution in [0, 0.1) is 17.0 Å². The van der Waals surface area contributed by atoms with Gasteiger partial charge in [-0.05, 0) is 19.4 Å².